The van der Waals surface area contributed by atoms with Gasteiger partial charge in [-0.25, -0.2) is 0 Å². The molecular formula is C20H23N3OS. The van der Waals surface area contributed by atoms with Crippen molar-refractivity contribution in [2.45, 2.75) is 32.2 Å². The second kappa shape index (κ2) is 7.95. The highest BCUT2D eigenvalue weighted by Crippen LogP contribution is 2.20. The summed E-state index contributed by atoms with van der Waals surface area (Å²) in [4.78, 5) is 2.43. The third-order valence-corrected chi connectivity index (χ3v) is 5.22. The average Bonchev–Trinajstić information content (AvgIpc) is 3.38. The predicted molar refractivity (Wildman–Crippen MR) is 101 cm³/mol. The fourth-order valence-corrected chi connectivity index (χ4v) is 3.95. The van der Waals surface area contributed by atoms with Crippen LogP contribution in [0.15, 0.2) is 59.4 Å². The minimum absolute atomic E-state index is 0.343. The van der Waals surface area contributed by atoms with E-state index in [0.717, 1.165) is 38.5 Å². The summed E-state index contributed by atoms with van der Waals surface area (Å²) < 4.78 is 7.89. The monoisotopic (exact) mass is 353 g/mol. The topological polar surface area (TPSA) is 30.3 Å². The third-order valence-electron chi connectivity index (χ3n) is 4.54. The predicted octanol–water partition coefficient (Wildman–Crippen LogP) is 4.25. The van der Waals surface area contributed by atoms with Crippen LogP contribution < -0.4 is 0 Å². The van der Waals surface area contributed by atoms with E-state index in [4.69, 9.17) is 9.84 Å². The molecule has 4 rings (SSSR count). The molecule has 130 valence electrons. The summed E-state index contributed by atoms with van der Waals surface area (Å²) in [5.41, 5.74) is 3.56. The lowest BCUT2D eigenvalue weighted by atomic mass is 10.2. The molecule has 1 aliphatic heterocycles. The van der Waals surface area contributed by atoms with Crippen molar-refractivity contribution in [1.82, 2.24) is 14.7 Å². The van der Waals surface area contributed by atoms with E-state index in [9.17, 15) is 0 Å². The van der Waals surface area contributed by atoms with Gasteiger partial charge in [-0.05, 0) is 35.9 Å². The molecule has 5 heteroatoms. The number of nitrogens with zero attached hydrogens (tertiary/aromatic N) is 3. The molecule has 0 radical (unpaired) electrons. The normalized spacial score (nSPS) is 17.4. The van der Waals surface area contributed by atoms with E-state index in [1.807, 2.05) is 4.68 Å². The molecule has 25 heavy (non-hydrogen) atoms. The highest BCUT2D eigenvalue weighted by Gasteiger charge is 2.20. The Kier molecular flexibility index (Phi) is 5.25. The van der Waals surface area contributed by atoms with Crippen molar-refractivity contribution in [1.29, 1.82) is 0 Å². The van der Waals surface area contributed by atoms with Crippen molar-refractivity contribution in [3.8, 4) is 11.3 Å². The molecular weight excluding hydrogens is 330 g/mol. The van der Waals surface area contributed by atoms with E-state index in [1.54, 1.807) is 11.3 Å². The third kappa shape index (κ3) is 4.37. The maximum absolute atomic E-state index is 5.85. The molecule has 0 amide bonds. The highest BCUT2D eigenvalue weighted by molar-refractivity contribution is 7.08. The summed E-state index contributed by atoms with van der Waals surface area (Å²) in [5.74, 6) is 0. The van der Waals surface area contributed by atoms with Gasteiger partial charge in [0.2, 0.25) is 0 Å². The van der Waals surface area contributed by atoms with Crippen molar-refractivity contribution in [2.24, 2.45) is 0 Å². The SMILES string of the molecule is c1ccc(CN(CC2CCCO2)Cn2ccc(-c3ccsc3)n2)cc1. The first kappa shape index (κ1) is 16.5. The number of hydrogen-bond acceptors (Lipinski definition) is 4. The van der Waals surface area contributed by atoms with Crippen LogP contribution in [-0.2, 0) is 18.0 Å². The molecule has 1 aromatic carbocycles. The van der Waals surface area contributed by atoms with E-state index in [0.29, 0.717) is 6.10 Å². The molecule has 1 saturated heterocycles. The molecule has 0 aliphatic carbocycles. The van der Waals surface area contributed by atoms with Crippen LogP contribution in [0.1, 0.15) is 18.4 Å². The molecule has 3 heterocycles. The van der Waals surface area contributed by atoms with Crippen LogP contribution in [0.4, 0.5) is 0 Å². The lowest BCUT2D eigenvalue weighted by molar-refractivity contribution is 0.0571. The van der Waals surface area contributed by atoms with Gasteiger partial charge < -0.3 is 4.74 Å². The summed E-state index contributed by atoms with van der Waals surface area (Å²) in [6, 6.07) is 14.8. The maximum atomic E-state index is 5.85. The van der Waals surface area contributed by atoms with E-state index < -0.39 is 0 Å². The zero-order valence-corrected chi connectivity index (χ0v) is 15.1. The van der Waals surface area contributed by atoms with E-state index >= 15 is 0 Å². The summed E-state index contributed by atoms with van der Waals surface area (Å²) >= 11 is 1.70. The van der Waals surface area contributed by atoms with Gasteiger partial charge in [0.05, 0.1) is 18.5 Å². The molecule has 1 atom stereocenters. The molecule has 0 saturated carbocycles. The molecule has 1 aliphatic rings. The van der Waals surface area contributed by atoms with Gasteiger partial charge in [-0.15, -0.1) is 0 Å². The Morgan fingerprint density at radius 2 is 2.12 bits per heavy atom. The van der Waals surface area contributed by atoms with Gasteiger partial charge in [-0.1, -0.05) is 30.3 Å². The molecule has 4 nitrogen and oxygen atoms in total. The van der Waals surface area contributed by atoms with Crippen LogP contribution in [0.25, 0.3) is 11.3 Å². The van der Waals surface area contributed by atoms with Crippen LogP contribution in [0.5, 0.6) is 0 Å². The van der Waals surface area contributed by atoms with E-state index in [-0.39, 0.29) is 0 Å². The smallest absolute Gasteiger partial charge is 0.0932 e. The minimum atomic E-state index is 0.343. The Balaban J connectivity index is 1.47. The van der Waals surface area contributed by atoms with Crippen LogP contribution >= 0.6 is 11.3 Å². The van der Waals surface area contributed by atoms with Gasteiger partial charge in [0.15, 0.2) is 0 Å². The van der Waals surface area contributed by atoms with Gasteiger partial charge >= 0.3 is 0 Å². The molecule has 0 spiro atoms. The molecule has 2 aromatic heterocycles. The second-order valence-corrected chi connectivity index (χ2v) is 7.31. The van der Waals surface area contributed by atoms with Crippen molar-refractivity contribution in [3.05, 3.63) is 65.0 Å². The number of rotatable bonds is 7. The standard InChI is InChI=1S/C20H23N3OS/c1-2-5-17(6-3-1)13-22(14-19-7-4-11-24-19)16-23-10-8-20(21-23)18-9-12-25-15-18/h1-3,5-6,8-10,12,15,19H,4,7,11,13-14,16H2. The van der Waals surface area contributed by atoms with Gasteiger partial charge in [-0.2, -0.15) is 16.4 Å². The Morgan fingerprint density at radius 3 is 2.88 bits per heavy atom. The van der Waals surface area contributed by atoms with Crippen LogP contribution in [0, 0.1) is 0 Å². The molecule has 3 aromatic rings. The van der Waals surface area contributed by atoms with Crippen LogP contribution in [0.2, 0.25) is 0 Å². The first-order chi connectivity index (χ1) is 12.4. The zero-order chi connectivity index (χ0) is 16.9. The average molecular weight is 353 g/mol. The summed E-state index contributed by atoms with van der Waals surface area (Å²) in [7, 11) is 0. The number of aromatic nitrogens is 2. The van der Waals surface area contributed by atoms with E-state index in [2.05, 4.69) is 64.3 Å². The Labute approximate surface area is 152 Å². The largest absolute Gasteiger partial charge is 0.377 e. The molecule has 1 fully saturated rings. The Morgan fingerprint density at radius 1 is 1.20 bits per heavy atom. The maximum Gasteiger partial charge on any atom is 0.0932 e. The Bertz CT molecular complexity index is 763. The van der Waals surface area contributed by atoms with Crippen LogP contribution in [0.3, 0.4) is 0 Å². The van der Waals surface area contributed by atoms with Crippen LogP contribution in [-0.4, -0.2) is 33.9 Å². The highest BCUT2D eigenvalue weighted by atomic mass is 32.1. The second-order valence-electron chi connectivity index (χ2n) is 6.53. The van der Waals surface area contributed by atoms with Gasteiger partial charge in [0.1, 0.15) is 0 Å². The van der Waals surface area contributed by atoms with Gasteiger partial charge in [0.25, 0.3) is 0 Å². The number of hydrogen-bond donors (Lipinski definition) is 0. The lowest BCUT2D eigenvalue weighted by Crippen LogP contribution is -2.33. The number of thiophene rings is 1. The molecule has 1 unspecified atom stereocenters. The van der Waals surface area contributed by atoms with Crippen molar-refractivity contribution < 1.29 is 4.74 Å². The fourth-order valence-electron chi connectivity index (χ4n) is 3.30. The molecule has 0 bridgehead atoms. The van der Waals surface area contributed by atoms with E-state index in [1.165, 1.54) is 17.5 Å². The summed E-state index contributed by atoms with van der Waals surface area (Å²) in [5, 5.41) is 8.98. The first-order valence-corrected chi connectivity index (χ1v) is 9.75. The van der Waals surface area contributed by atoms with Crippen molar-refractivity contribution in [3.63, 3.8) is 0 Å². The first-order valence-electron chi connectivity index (χ1n) is 8.81. The van der Waals surface area contributed by atoms with Crippen molar-refractivity contribution in [2.75, 3.05) is 13.2 Å². The number of ether oxygens (including phenoxy) is 1. The summed E-state index contributed by atoms with van der Waals surface area (Å²) in [6.07, 6.45) is 4.74. The number of benzene rings is 1. The van der Waals surface area contributed by atoms with Gasteiger partial charge in [-0.3, -0.25) is 9.58 Å². The molecule has 0 N–H and O–H groups in total. The minimum Gasteiger partial charge on any atom is -0.377 e. The quantitative estimate of drug-likeness (QED) is 0.636. The van der Waals surface area contributed by atoms with Gasteiger partial charge in [0, 0.05) is 36.8 Å². The fraction of sp³-hybridized carbons (Fsp3) is 0.350. The zero-order valence-electron chi connectivity index (χ0n) is 14.3. The lowest BCUT2D eigenvalue weighted by Gasteiger charge is -2.25. The summed E-state index contributed by atoms with van der Waals surface area (Å²) in [6.45, 7) is 3.53. The Hall–Kier alpha value is -1.95. The van der Waals surface area contributed by atoms with Crippen molar-refractivity contribution >= 4 is 11.3 Å².